The molecule has 1 amide bonds. The SMILES string of the molecule is COc1ccc(CC(=O)N(CCC(C)C)Cc2ccccc2-c2ccco2)cc1. The van der Waals surface area contributed by atoms with Gasteiger partial charge in [0.2, 0.25) is 5.91 Å². The number of carbonyl (C=O) groups excluding carboxylic acids is 1. The Balaban J connectivity index is 1.79. The molecule has 152 valence electrons. The predicted molar refractivity (Wildman–Crippen MR) is 116 cm³/mol. The van der Waals surface area contributed by atoms with Crippen molar-refractivity contribution in [3.8, 4) is 17.1 Å². The van der Waals surface area contributed by atoms with Gasteiger partial charge in [-0.15, -0.1) is 0 Å². The molecule has 0 aliphatic carbocycles. The molecule has 1 aromatic heterocycles. The second kappa shape index (κ2) is 9.97. The van der Waals surface area contributed by atoms with E-state index in [1.807, 2.05) is 59.5 Å². The summed E-state index contributed by atoms with van der Waals surface area (Å²) in [4.78, 5) is 15.1. The zero-order chi connectivity index (χ0) is 20.6. The first-order chi connectivity index (χ1) is 14.1. The van der Waals surface area contributed by atoms with Crippen LogP contribution in [0.15, 0.2) is 71.3 Å². The first-order valence-electron chi connectivity index (χ1n) is 10.1. The Hall–Kier alpha value is -3.01. The fourth-order valence-electron chi connectivity index (χ4n) is 3.27. The molecule has 3 rings (SSSR count). The monoisotopic (exact) mass is 391 g/mol. The Bertz CT molecular complexity index is 898. The largest absolute Gasteiger partial charge is 0.497 e. The Kier molecular flexibility index (Phi) is 7.12. The fourth-order valence-corrected chi connectivity index (χ4v) is 3.27. The summed E-state index contributed by atoms with van der Waals surface area (Å²) in [6.07, 6.45) is 3.03. The number of rotatable bonds is 9. The maximum absolute atomic E-state index is 13.2. The van der Waals surface area contributed by atoms with Crippen molar-refractivity contribution in [1.29, 1.82) is 0 Å². The van der Waals surface area contributed by atoms with Crippen LogP contribution in [0.1, 0.15) is 31.4 Å². The van der Waals surface area contributed by atoms with Crippen molar-refractivity contribution in [3.63, 3.8) is 0 Å². The summed E-state index contributed by atoms with van der Waals surface area (Å²) >= 11 is 0. The molecule has 0 radical (unpaired) electrons. The molecular formula is C25H29NO3. The second-order valence-electron chi connectivity index (χ2n) is 7.66. The highest BCUT2D eigenvalue weighted by atomic mass is 16.5. The molecule has 2 aromatic carbocycles. The number of carbonyl (C=O) groups is 1. The van der Waals surface area contributed by atoms with Crippen LogP contribution in [0.3, 0.4) is 0 Å². The highest BCUT2D eigenvalue weighted by Crippen LogP contribution is 2.26. The normalized spacial score (nSPS) is 10.9. The van der Waals surface area contributed by atoms with E-state index in [0.717, 1.165) is 41.2 Å². The number of furan rings is 1. The van der Waals surface area contributed by atoms with Crippen LogP contribution in [0.2, 0.25) is 0 Å². The van der Waals surface area contributed by atoms with Crippen LogP contribution in [-0.2, 0) is 17.8 Å². The summed E-state index contributed by atoms with van der Waals surface area (Å²) in [7, 11) is 1.64. The highest BCUT2D eigenvalue weighted by molar-refractivity contribution is 5.79. The summed E-state index contributed by atoms with van der Waals surface area (Å²) < 4.78 is 10.8. The molecule has 0 N–H and O–H groups in total. The van der Waals surface area contributed by atoms with Crippen molar-refractivity contribution in [2.45, 2.75) is 33.2 Å². The van der Waals surface area contributed by atoms with Gasteiger partial charge < -0.3 is 14.1 Å². The lowest BCUT2D eigenvalue weighted by Gasteiger charge is -2.25. The van der Waals surface area contributed by atoms with Crippen molar-refractivity contribution < 1.29 is 13.9 Å². The van der Waals surface area contributed by atoms with Gasteiger partial charge in [-0.2, -0.15) is 0 Å². The van der Waals surface area contributed by atoms with Gasteiger partial charge in [-0.3, -0.25) is 4.79 Å². The van der Waals surface area contributed by atoms with Crippen LogP contribution in [0.4, 0.5) is 0 Å². The zero-order valence-electron chi connectivity index (χ0n) is 17.4. The number of methoxy groups -OCH3 is 1. The minimum atomic E-state index is 0.130. The van der Waals surface area contributed by atoms with Gasteiger partial charge in [0.15, 0.2) is 0 Å². The van der Waals surface area contributed by atoms with E-state index >= 15 is 0 Å². The third-order valence-electron chi connectivity index (χ3n) is 5.01. The third kappa shape index (κ3) is 5.74. The number of hydrogen-bond acceptors (Lipinski definition) is 3. The smallest absolute Gasteiger partial charge is 0.227 e. The van der Waals surface area contributed by atoms with Crippen molar-refractivity contribution in [2.24, 2.45) is 5.92 Å². The summed E-state index contributed by atoms with van der Waals surface area (Å²) in [6, 6.07) is 19.7. The van der Waals surface area contributed by atoms with E-state index in [0.29, 0.717) is 18.9 Å². The summed E-state index contributed by atoms with van der Waals surface area (Å²) in [6.45, 7) is 5.67. The third-order valence-corrected chi connectivity index (χ3v) is 5.01. The van der Waals surface area contributed by atoms with E-state index in [2.05, 4.69) is 19.9 Å². The maximum atomic E-state index is 13.2. The Morgan fingerprint density at radius 1 is 1.03 bits per heavy atom. The molecular weight excluding hydrogens is 362 g/mol. The van der Waals surface area contributed by atoms with Gasteiger partial charge in [0.05, 0.1) is 19.8 Å². The first-order valence-corrected chi connectivity index (χ1v) is 10.1. The molecule has 3 aromatic rings. The van der Waals surface area contributed by atoms with E-state index in [9.17, 15) is 4.79 Å². The van der Waals surface area contributed by atoms with Crippen LogP contribution >= 0.6 is 0 Å². The second-order valence-corrected chi connectivity index (χ2v) is 7.66. The van der Waals surface area contributed by atoms with Crippen LogP contribution in [-0.4, -0.2) is 24.5 Å². The van der Waals surface area contributed by atoms with Gasteiger partial charge in [-0.1, -0.05) is 50.2 Å². The Morgan fingerprint density at radius 3 is 2.45 bits per heavy atom. The Morgan fingerprint density at radius 2 is 1.79 bits per heavy atom. The predicted octanol–water partition coefficient (Wildman–Crippen LogP) is 5.57. The maximum Gasteiger partial charge on any atom is 0.227 e. The first kappa shape index (κ1) is 20.7. The molecule has 0 bridgehead atoms. The summed E-state index contributed by atoms with van der Waals surface area (Å²) in [5, 5.41) is 0. The lowest BCUT2D eigenvalue weighted by Crippen LogP contribution is -2.33. The van der Waals surface area contributed by atoms with E-state index in [1.165, 1.54) is 0 Å². The number of ether oxygens (including phenoxy) is 1. The van der Waals surface area contributed by atoms with Crippen LogP contribution in [0, 0.1) is 5.92 Å². The molecule has 4 heteroatoms. The van der Waals surface area contributed by atoms with Gasteiger partial charge in [0.25, 0.3) is 0 Å². The topological polar surface area (TPSA) is 42.7 Å². The molecule has 4 nitrogen and oxygen atoms in total. The molecule has 0 spiro atoms. The summed E-state index contributed by atoms with van der Waals surface area (Å²) in [5.74, 6) is 2.29. The van der Waals surface area contributed by atoms with Crippen LogP contribution < -0.4 is 4.74 Å². The lowest BCUT2D eigenvalue weighted by molar-refractivity contribution is -0.131. The molecule has 0 unspecified atom stereocenters. The molecule has 0 aliphatic rings. The molecule has 0 saturated heterocycles. The van der Waals surface area contributed by atoms with Gasteiger partial charge in [0.1, 0.15) is 11.5 Å². The lowest BCUT2D eigenvalue weighted by atomic mass is 10.0. The van der Waals surface area contributed by atoms with Crippen molar-refractivity contribution in [1.82, 2.24) is 4.90 Å². The fraction of sp³-hybridized carbons (Fsp3) is 0.320. The quantitative estimate of drug-likeness (QED) is 0.479. The molecule has 0 atom stereocenters. The van der Waals surface area contributed by atoms with Crippen molar-refractivity contribution in [3.05, 3.63) is 78.1 Å². The number of benzene rings is 2. The van der Waals surface area contributed by atoms with E-state index in [4.69, 9.17) is 9.15 Å². The average molecular weight is 392 g/mol. The molecule has 1 heterocycles. The van der Waals surface area contributed by atoms with Gasteiger partial charge in [-0.05, 0) is 47.7 Å². The molecule has 29 heavy (non-hydrogen) atoms. The van der Waals surface area contributed by atoms with Crippen LogP contribution in [0.5, 0.6) is 5.75 Å². The number of nitrogens with zero attached hydrogens (tertiary/aromatic N) is 1. The van der Waals surface area contributed by atoms with E-state index in [1.54, 1.807) is 13.4 Å². The summed E-state index contributed by atoms with van der Waals surface area (Å²) in [5.41, 5.74) is 3.11. The molecule has 0 fully saturated rings. The van der Waals surface area contributed by atoms with Crippen molar-refractivity contribution >= 4 is 5.91 Å². The van der Waals surface area contributed by atoms with E-state index < -0.39 is 0 Å². The number of amides is 1. The van der Waals surface area contributed by atoms with E-state index in [-0.39, 0.29) is 5.91 Å². The standard InChI is InChI=1S/C25H29NO3/c1-19(2)14-15-26(25(27)17-20-10-12-22(28-3)13-11-20)18-21-7-4-5-8-23(21)24-9-6-16-29-24/h4-13,16,19H,14-15,17-18H2,1-3H3. The van der Waals surface area contributed by atoms with Gasteiger partial charge >= 0.3 is 0 Å². The Labute approximate surface area is 173 Å². The van der Waals surface area contributed by atoms with Crippen molar-refractivity contribution in [2.75, 3.05) is 13.7 Å². The molecule has 0 saturated carbocycles. The highest BCUT2D eigenvalue weighted by Gasteiger charge is 2.18. The minimum absolute atomic E-state index is 0.130. The number of hydrogen-bond donors (Lipinski definition) is 0. The van der Waals surface area contributed by atoms with Gasteiger partial charge in [0, 0.05) is 18.7 Å². The van der Waals surface area contributed by atoms with Crippen LogP contribution in [0.25, 0.3) is 11.3 Å². The van der Waals surface area contributed by atoms with Gasteiger partial charge in [-0.25, -0.2) is 0 Å². The average Bonchev–Trinajstić information content (AvgIpc) is 3.26. The zero-order valence-corrected chi connectivity index (χ0v) is 17.4. The molecule has 0 aliphatic heterocycles. The minimum Gasteiger partial charge on any atom is -0.497 e.